The quantitative estimate of drug-likeness (QED) is 0.768. The van der Waals surface area contributed by atoms with Crippen LogP contribution in [0, 0.1) is 0 Å². The predicted molar refractivity (Wildman–Crippen MR) is 52.2 cm³/mol. The standard InChI is InChI=1S/C10H15N3O/c11-10(3-4-10)2-1-8-7-13-5-6-14-9(13)12-8/h7H,1-6,11H2. The van der Waals surface area contributed by atoms with Crippen LogP contribution >= 0.6 is 0 Å². The zero-order valence-electron chi connectivity index (χ0n) is 8.20. The first-order valence-electron chi connectivity index (χ1n) is 5.23. The molecule has 1 fully saturated rings. The van der Waals surface area contributed by atoms with Crippen molar-refractivity contribution in [3.63, 3.8) is 0 Å². The summed E-state index contributed by atoms with van der Waals surface area (Å²) in [7, 11) is 0. The first-order chi connectivity index (χ1) is 6.75. The molecule has 1 aliphatic carbocycles. The zero-order valence-corrected chi connectivity index (χ0v) is 8.20. The minimum absolute atomic E-state index is 0.134. The molecule has 1 aromatic rings. The molecule has 0 bridgehead atoms. The van der Waals surface area contributed by atoms with E-state index in [1.807, 2.05) is 0 Å². The van der Waals surface area contributed by atoms with Gasteiger partial charge in [0.1, 0.15) is 6.61 Å². The summed E-state index contributed by atoms with van der Waals surface area (Å²) in [6.07, 6.45) is 6.49. The normalized spacial score (nSPS) is 21.8. The lowest BCUT2D eigenvalue weighted by Crippen LogP contribution is -2.22. The molecule has 0 spiro atoms. The molecule has 0 atom stereocenters. The van der Waals surface area contributed by atoms with Gasteiger partial charge in [-0.3, -0.25) is 4.57 Å². The Morgan fingerprint density at radius 1 is 1.57 bits per heavy atom. The highest BCUT2D eigenvalue weighted by atomic mass is 16.5. The van der Waals surface area contributed by atoms with Gasteiger partial charge >= 0.3 is 0 Å². The van der Waals surface area contributed by atoms with E-state index in [9.17, 15) is 0 Å². The van der Waals surface area contributed by atoms with E-state index >= 15 is 0 Å². The van der Waals surface area contributed by atoms with Gasteiger partial charge in [0.15, 0.2) is 0 Å². The maximum Gasteiger partial charge on any atom is 0.296 e. The SMILES string of the molecule is NC1(CCc2cn3c(n2)OCC3)CC1. The highest BCUT2D eigenvalue weighted by molar-refractivity contribution is 5.12. The molecule has 4 nitrogen and oxygen atoms in total. The molecular formula is C10H15N3O. The highest BCUT2D eigenvalue weighted by Gasteiger charge is 2.37. The van der Waals surface area contributed by atoms with Gasteiger partial charge in [0.05, 0.1) is 12.2 Å². The van der Waals surface area contributed by atoms with Gasteiger partial charge in [-0.05, 0) is 25.7 Å². The lowest BCUT2D eigenvalue weighted by molar-refractivity contribution is 0.344. The monoisotopic (exact) mass is 193 g/mol. The minimum atomic E-state index is 0.134. The van der Waals surface area contributed by atoms with Gasteiger partial charge < -0.3 is 10.5 Å². The van der Waals surface area contributed by atoms with Crippen molar-refractivity contribution in [2.45, 2.75) is 37.8 Å². The second-order valence-corrected chi connectivity index (χ2v) is 4.42. The molecule has 14 heavy (non-hydrogen) atoms. The molecule has 1 saturated carbocycles. The number of aromatic nitrogens is 2. The van der Waals surface area contributed by atoms with E-state index in [0.29, 0.717) is 0 Å². The second kappa shape index (κ2) is 2.73. The second-order valence-electron chi connectivity index (χ2n) is 4.42. The Labute approximate surface area is 83.1 Å². The Hall–Kier alpha value is -1.03. The van der Waals surface area contributed by atoms with E-state index in [1.54, 1.807) is 0 Å². The summed E-state index contributed by atoms with van der Waals surface area (Å²) in [5.41, 5.74) is 7.28. The average Bonchev–Trinajstić information content (AvgIpc) is 2.61. The van der Waals surface area contributed by atoms with Gasteiger partial charge in [0.25, 0.3) is 6.01 Å². The number of nitrogens with zero attached hydrogens (tertiary/aromatic N) is 2. The van der Waals surface area contributed by atoms with Crippen LogP contribution in [0.25, 0.3) is 0 Å². The molecule has 0 unspecified atom stereocenters. The summed E-state index contributed by atoms with van der Waals surface area (Å²) in [6.45, 7) is 1.71. The van der Waals surface area contributed by atoms with Crippen molar-refractivity contribution in [2.75, 3.05) is 6.61 Å². The molecule has 0 amide bonds. The van der Waals surface area contributed by atoms with Crippen molar-refractivity contribution in [1.29, 1.82) is 0 Å². The first kappa shape index (κ1) is 8.29. The minimum Gasteiger partial charge on any atom is -0.463 e. The molecule has 3 rings (SSSR count). The van der Waals surface area contributed by atoms with Gasteiger partial charge in [0.2, 0.25) is 0 Å². The first-order valence-corrected chi connectivity index (χ1v) is 5.23. The average molecular weight is 193 g/mol. The number of fused-ring (bicyclic) bond motifs is 1. The molecule has 0 radical (unpaired) electrons. The van der Waals surface area contributed by atoms with Crippen molar-refractivity contribution in [1.82, 2.24) is 9.55 Å². The number of imidazole rings is 1. The summed E-state index contributed by atoms with van der Waals surface area (Å²) < 4.78 is 7.42. The van der Waals surface area contributed by atoms with Gasteiger partial charge in [0, 0.05) is 11.7 Å². The third-order valence-electron chi connectivity index (χ3n) is 3.12. The summed E-state index contributed by atoms with van der Waals surface area (Å²) in [6, 6.07) is 0.780. The molecule has 1 aliphatic heterocycles. The van der Waals surface area contributed by atoms with E-state index in [4.69, 9.17) is 10.5 Å². The lowest BCUT2D eigenvalue weighted by Gasteiger charge is -2.05. The third-order valence-corrected chi connectivity index (χ3v) is 3.12. The number of aryl methyl sites for hydroxylation is 1. The van der Waals surface area contributed by atoms with Crippen molar-refractivity contribution in [3.05, 3.63) is 11.9 Å². The van der Waals surface area contributed by atoms with E-state index < -0.39 is 0 Å². The van der Waals surface area contributed by atoms with Crippen LogP contribution < -0.4 is 10.5 Å². The van der Waals surface area contributed by atoms with Crippen molar-refractivity contribution >= 4 is 0 Å². The topological polar surface area (TPSA) is 53.1 Å². The number of ether oxygens (including phenoxy) is 1. The van der Waals surface area contributed by atoms with Crippen LogP contribution in [-0.4, -0.2) is 21.7 Å². The van der Waals surface area contributed by atoms with E-state index in [-0.39, 0.29) is 5.54 Å². The summed E-state index contributed by atoms with van der Waals surface area (Å²) in [5, 5.41) is 0. The summed E-state index contributed by atoms with van der Waals surface area (Å²) in [4.78, 5) is 4.41. The van der Waals surface area contributed by atoms with Crippen LogP contribution in [0.5, 0.6) is 6.01 Å². The van der Waals surface area contributed by atoms with Crippen molar-refractivity contribution in [2.24, 2.45) is 5.73 Å². The Morgan fingerprint density at radius 2 is 2.43 bits per heavy atom. The predicted octanol–water partition coefficient (Wildman–Crippen LogP) is 0.699. The molecule has 1 aromatic heterocycles. The van der Waals surface area contributed by atoms with Crippen LogP contribution in [0.1, 0.15) is 25.0 Å². The molecule has 0 aromatic carbocycles. The zero-order chi connectivity index (χ0) is 9.60. The van der Waals surface area contributed by atoms with Crippen LogP contribution in [-0.2, 0) is 13.0 Å². The van der Waals surface area contributed by atoms with Gasteiger partial charge in [-0.15, -0.1) is 0 Å². The fourth-order valence-corrected chi connectivity index (χ4v) is 1.87. The highest BCUT2D eigenvalue weighted by Crippen LogP contribution is 2.36. The smallest absolute Gasteiger partial charge is 0.296 e. The molecule has 2 heterocycles. The fraction of sp³-hybridized carbons (Fsp3) is 0.700. The molecule has 76 valence electrons. The lowest BCUT2D eigenvalue weighted by atomic mass is 10.1. The van der Waals surface area contributed by atoms with Crippen LogP contribution in [0.2, 0.25) is 0 Å². The van der Waals surface area contributed by atoms with E-state index in [0.717, 1.165) is 37.7 Å². The van der Waals surface area contributed by atoms with Crippen LogP contribution in [0.4, 0.5) is 0 Å². The number of hydrogen-bond acceptors (Lipinski definition) is 3. The van der Waals surface area contributed by atoms with Crippen molar-refractivity contribution in [3.8, 4) is 6.01 Å². The molecule has 2 aliphatic rings. The Bertz CT molecular complexity index is 333. The van der Waals surface area contributed by atoms with Crippen LogP contribution in [0.15, 0.2) is 6.20 Å². The number of rotatable bonds is 3. The molecule has 2 N–H and O–H groups in total. The van der Waals surface area contributed by atoms with E-state index in [1.165, 1.54) is 12.8 Å². The van der Waals surface area contributed by atoms with Crippen LogP contribution in [0.3, 0.4) is 0 Å². The van der Waals surface area contributed by atoms with E-state index in [2.05, 4.69) is 15.7 Å². The molecular weight excluding hydrogens is 178 g/mol. The number of hydrogen-bond donors (Lipinski definition) is 1. The van der Waals surface area contributed by atoms with Gasteiger partial charge in [-0.1, -0.05) is 0 Å². The maximum atomic E-state index is 6.02. The Morgan fingerprint density at radius 3 is 3.14 bits per heavy atom. The Kier molecular flexibility index (Phi) is 1.62. The van der Waals surface area contributed by atoms with Gasteiger partial charge in [-0.2, -0.15) is 0 Å². The summed E-state index contributed by atoms with van der Waals surface area (Å²) in [5.74, 6) is 0. The molecule has 4 heteroatoms. The van der Waals surface area contributed by atoms with Gasteiger partial charge in [-0.25, -0.2) is 4.98 Å². The fourth-order valence-electron chi connectivity index (χ4n) is 1.87. The maximum absolute atomic E-state index is 6.02. The third kappa shape index (κ3) is 1.39. The van der Waals surface area contributed by atoms with Crippen molar-refractivity contribution < 1.29 is 4.74 Å². The summed E-state index contributed by atoms with van der Waals surface area (Å²) >= 11 is 0. The number of nitrogens with two attached hydrogens (primary N) is 1. The molecule has 0 saturated heterocycles. The Balaban J connectivity index is 1.66. The largest absolute Gasteiger partial charge is 0.463 e.